The molecule has 1 aliphatic heterocycles. The molecule has 6 heteroatoms. The predicted molar refractivity (Wildman–Crippen MR) is 83.2 cm³/mol. The molecule has 126 valence electrons. The van der Waals surface area contributed by atoms with Crippen LogP contribution in [0.2, 0.25) is 0 Å². The Balaban J connectivity index is 1.43. The van der Waals surface area contributed by atoms with Crippen molar-refractivity contribution in [2.75, 3.05) is 32.7 Å². The van der Waals surface area contributed by atoms with Gasteiger partial charge in [-0.25, -0.2) is 8.78 Å². The normalized spacial score (nSPS) is 24.3. The molecular formula is C17H23F2N3O. The molecule has 1 aromatic heterocycles. The molecule has 1 saturated heterocycles. The second kappa shape index (κ2) is 6.91. The van der Waals surface area contributed by atoms with Crippen molar-refractivity contribution in [3.63, 3.8) is 0 Å². The molecule has 2 heterocycles. The summed E-state index contributed by atoms with van der Waals surface area (Å²) in [6.45, 7) is 3.80. The maximum atomic E-state index is 12.9. The average molecular weight is 323 g/mol. The Hall–Kier alpha value is -1.56. The van der Waals surface area contributed by atoms with E-state index in [1.165, 1.54) is 0 Å². The third kappa shape index (κ3) is 4.47. The second-order valence-electron chi connectivity index (χ2n) is 6.56. The summed E-state index contributed by atoms with van der Waals surface area (Å²) in [5, 5.41) is 0. The summed E-state index contributed by atoms with van der Waals surface area (Å²) in [6.07, 6.45) is 5.31. The van der Waals surface area contributed by atoms with Crippen molar-refractivity contribution in [1.29, 1.82) is 0 Å². The van der Waals surface area contributed by atoms with Gasteiger partial charge in [-0.15, -0.1) is 0 Å². The van der Waals surface area contributed by atoms with E-state index in [0.29, 0.717) is 25.9 Å². The molecule has 0 N–H and O–H groups in total. The van der Waals surface area contributed by atoms with Gasteiger partial charge in [0, 0.05) is 44.4 Å². The molecule has 1 amide bonds. The van der Waals surface area contributed by atoms with Crippen molar-refractivity contribution in [2.24, 2.45) is 5.92 Å². The number of hydrogen-bond acceptors (Lipinski definition) is 3. The first kappa shape index (κ1) is 16.3. The predicted octanol–water partition coefficient (Wildman–Crippen LogP) is 2.20. The number of halogens is 2. The summed E-state index contributed by atoms with van der Waals surface area (Å²) in [7, 11) is 0. The SMILES string of the molecule is O=C(Cc1cccnc1)N1CCCN(CCC2CC2(F)F)CC1. The van der Waals surface area contributed by atoms with Crippen LogP contribution in [-0.4, -0.2) is 59.3 Å². The van der Waals surface area contributed by atoms with Crippen molar-refractivity contribution in [3.8, 4) is 0 Å². The zero-order chi connectivity index (χ0) is 16.3. The molecule has 1 unspecified atom stereocenters. The van der Waals surface area contributed by atoms with E-state index in [2.05, 4.69) is 9.88 Å². The van der Waals surface area contributed by atoms with E-state index in [9.17, 15) is 13.6 Å². The first-order valence-electron chi connectivity index (χ1n) is 8.31. The largest absolute Gasteiger partial charge is 0.341 e. The van der Waals surface area contributed by atoms with E-state index < -0.39 is 11.8 Å². The fourth-order valence-electron chi connectivity index (χ4n) is 3.15. The average Bonchev–Trinajstić information content (AvgIpc) is 3.21. The molecule has 3 rings (SSSR count). The summed E-state index contributed by atoms with van der Waals surface area (Å²) in [5.74, 6) is -2.72. The number of amides is 1. The Morgan fingerprint density at radius 3 is 2.83 bits per heavy atom. The monoisotopic (exact) mass is 323 g/mol. The molecule has 1 aliphatic carbocycles. The second-order valence-corrected chi connectivity index (χ2v) is 6.56. The number of hydrogen-bond donors (Lipinski definition) is 0. The van der Waals surface area contributed by atoms with E-state index in [-0.39, 0.29) is 12.3 Å². The Morgan fingerprint density at radius 1 is 1.30 bits per heavy atom. The van der Waals surface area contributed by atoms with Gasteiger partial charge in [-0.05, 0) is 37.6 Å². The van der Waals surface area contributed by atoms with Crippen molar-refractivity contribution in [1.82, 2.24) is 14.8 Å². The van der Waals surface area contributed by atoms with Crippen LogP contribution in [-0.2, 0) is 11.2 Å². The number of rotatable bonds is 5. The molecule has 0 radical (unpaired) electrons. The molecule has 1 aromatic rings. The van der Waals surface area contributed by atoms with Gasteiger partial charge in [0.1, 0.15) is 0 Å². The summed E-state index contributed by atoms with van der Waals surface area (Å²) in [4.78, 5) is 20.5. The quantitative estimate of drug-likeness (QED) is 0.833. The van der Waals surface area contributed by atoms with E-state index in [4.69, 9.17) is 0 Å². The molecule has 0 bridgehead atoms. The Morgan fingerprint density at radius 2 is 2.13 bits per heavy atom. The third-order valence-corrected chi connectivity index (χ3v) is 4.77. The molecule has 1 saturated carbocycles. The van der Waals surface area contributed by atoms with Gasteiger partial charge in [0.2, 0.25) is 5.91 Å². The number of pyridine rings is 1. The highest BCUT2D eigenvalue weighted by atomic mass is 19.3. The van der Waals surface area contributed by atoms with Crippen LogP contribution in [0.5, 0.6) is 0 Å². The highest BCUT2D eigenvalue weighted by molar-refractivity contribution is 5.78. The minimum absolute atomic E-state index is 0.0521. The zero-order valence-corrected chi connectivity index (χ0v) is 13.3. The summed E-state index contributed by atoms with van der Waals surface area (Å²) in [5.41, 5.74) is 0.926. The number of carbonyl (C=O) groups excluding carboxylic acids is 1. The van der Waals surface area contributed by atoms with Crippen LogP contribution in [0.1, 0.15) is 24.8 Å². The topological polar surface area (TPSA) is 36.4 Å². The van der Waals surface area contributed by atoms with Crippen molar-refractivity contribution < 1.29 is 13.6 Å². The van der Waals surface area contributed by atoms with Crippen LogP contribution in [0.25, 0.3) is 0 Å². The maximum Gasteiger partial charge on any atom is 0.251 e. The molecule has 0 spiro atoms. The van der Waals surface area contributed by atoms with Gasteiger partial charge in [-0.2, -0.15) is 0 Å². The fourth-order valence-corrected chi connectivity index (χ4v) is 3.15. The summed E-state index contributed by atoms with van der Waals surface area (Å²) < 4.78 is 25.9. The summed E-state index contributed by atoms with van der Waals surface area (Å²) in [6, 6.07) is 3.74. The van der Waals surface area contributed by atoms with Crippen LogP contribution in [0.15, 0.2) is 24.5 Å². The lowest BCUT2D eigenvalue weighted by molar-refractivity contribution is -0.130. The smallest absolute Gasteiger partial charge is 0.251 e. The van der Waals surface area contributed by atoms with Gasteiger partial charge in [0.15, 0.2) is 0 Å². The van der Waals surface area contributed by atoms with Gasteiger partial charge in [0.25, 0.3) is 5.92 Å². The van der Waals surface area contributed by atoms with Gasteiger partial charge in [0.05, 0.1) is 6.42 Å². The first-order valence-corrected chi connectivity index (χ1v) is 8.31. The molecule has 23 heavy (non-hydrogen) atoms. The van der Waals surface area contributed by atoms with Crippen LogP contribution < -0.4 is 0 Å². The number of aromatic nitrogens is 1. The van der Waals surface area contributed by atoms with Gasteiger partial charge >= 0.3 is 0 Å². The van der Waals surface area contributed by atoms with Crippen molar-refractivity contribution in [2.45, 2.75) is 31.6 Å². The number of alkyl halides is 2. The zero-order valence-electron chi connectivity index (χ0n) is 13.3. The summed E-state index contributed by atoms with van der Waals surface area (Å²) >= 11 is 0. The molecule has 1 atom stereocenters. The molecule has 2 fully saturated rings. The van der Waals surface area contributed by atoms with E-state index in [0.717, 1.165) is 31.6 Å². The lowest BCUT2D eigenvalue weighted by Crippen LogP contribution is -2.36. The lowest BCUT2D eigenvalue weighted by Gasteiger charge is -2.22. The van der Waals surface area contributed by atoms with Crippen molar-refractivity contribution >= 4 is 5.91 Å². The van der Waals surface area contributed by atoms with E-state index >= 15 is 0 Å². The highest BCUT2D eigenvalue weighted by Crippen LogP contribution is 2.50. The molecular weight excluding hydrogens is 300 g/mol. The van der Waals surface area contributed by atoms with Crippen LogP contribution >= 0.6 is 0 Å². The Bertz CT molecular complexity index is 538. The van der Waals surface area contributed by atoms with Crippen LogP contribution in [0.3, 0.4) is 0 Å². The third-order valence-electron chi connectivity index (χ3n) is 4.77. The molecule has 2 aliphatic rings. The maximum absolute atomic E-state index is 12.9. The standard InChI is InChI=1S/C17H23F2N3O/c18-17(19)12-15(17)4-8-21-6-2-7-22(10-9-21)16(23)11-14-3-1-5-20-13-14/h1,3,5,13,15H,2,4,6-12H2. The lowest BCUT2D eigenvalue weighted by atomic mass is 10.2. The number of nitrogens with zero attached hydrogens (tertiary/aromatic N) is 3. The van der Waals surface area contributed by atoms with E-state index in [1.54, 1.807) is 12.4 Å². The van der Waals surface area contributed by atoms with Crippen LogP contribution in [0.4, 0.5) is 8.78 Å². The minimum atomic E-state index is -2.42. The van der Waals surface area contributed by atoms with Gasteiger partial charge < -0.3 is 9.80 Å². The first-order chi connectivity index (χ1) is 11.0. The van der Waals surface area contributed by atoms with E-state index in [1.807, 2.05) is 17.0 Å². The Kier molecular flexibility index (Phi) is 4.90. The van der Waals surface area contributed by atoms with Crippen LogP contribution in [0, 0.1) is 5.92 Å². The fraction of sp³-hybridized carbons (Fsp3) is 0.647. The molecule has 0 aromatic carbocycles. The number of carbonyl (C=O) groups is 1. The van der Waals surface area contributed by atoms with Crippen molar-refractivity contribution in [3.05, 3.63) is 30.1 Å². The Labute approximate surface area is 135 Å². The molecule has 4 nitrogen and oxygen atoms in total. The minimum Gasteiger partial charge on any atom is -0.341 e. The van der Waals surface area contributed by atoms with Gasteiger partial charge in [-0.1, -0.05) is 6.07 Å². The van der Waals surface area contributed by atoms with Gasteiger partial charge in [-0.3, -0.25) is 9.78 Å². The highest BCUT2D eigenvalue weighted by Gasteiger charge is 2.56.